The molecule has 0 aromatic heterocycles. The summed E-state index contributed by atoms with van der Waals surface area (Å²) < 4.78 is 20.2. The fourth-order valence-corrected chi connectivity index (χ4v) is 1.39. The summed E-state index contributed by atoms with van der Waals surface area (Å²) >= 11 is -2.39. The van der Waals surface area contributed by atoms with Gasteiger partial charge in [0, 0.05) is 0 Å². The van der Waals surface area contributed by atoms with Gasteiger partial charge in [-0.1, -0.05) is 0 Å². The maximum Gasteiger partial charge on any atom is 0.268 e. The zero-order valence-corrected chi connectivity index (χ0v) is 8.92. The summed E-state index contributed by atoms with van der Waals surface area (Å²) in [5.41, 5.74) is 11.1. The van der Waals surface area contributed by atoms with Gasteiger partial charge in [-0.25, -0.2) is 13.5 Å². The highest BCUT2D eigenvalue weighted by Gasteiger charge is 2.10. The molecule has 0 aliphatic rings. The number of rotatable bonds is 4. The van der Waals surface area contributed by atoms with Crippen molar-refractivity contribution in [1.82, 2.24) is 0 Å². The predicted molar refractivity (Wildman–Crippen MR) is 61.2 cm³/mol. The van der Waals surface area contributed by atoms with Crippen LogP contribution in [0, 0.1) is 0 Å². The summed E-state index contributed by atoms with van der Waals surface area (Å²) in [6.07, 6.45) is 0.256. The van der Waals surface area contributed by atoms with Crippen LogP contribution in [0.25, 0.3) is 0 Å². The van der Waals surface area contributed by atoms with Crippen LogP contribution in [0.2, 0.25) is 0 Å². The van der Waals surface area contributed by atoms with Crippen molar-refractivity contribution < 1.29 is 13.6 Å². The Hall–Kier alpha value is -1.93. The Balaban J connectivity index is 2.98. The van der Waals surface area contributed by atoms with Gasteiger partial charge in [0.15, 0.2) is 5.96 Å². The minimum absolute atomic E-state index is 0.0919. The van der Waals surface area contributed by atoms with Crippen LogP contribution < -0.4 is 15.8 Å². The Morgan fingerprint density at radius 2 is 1.94 bits per heavy atom. The smallest absolute Gasteiger partial charge is 0.268 e. The number of nitrogens with zero attached hydrogens (tertiary/aromatic N) is 2. The molecule has 0 saturated carbocycles. The van der Waals surface area contributed by atoms with E-state index >= 15 is 0 Å². The van der Waals surface area contributed by atoms with Crippen molar-refractivity contribution in [3.05, 3.63) is 24.3 Å². The molecule has 8 heteroatoms. The first kappa shape index (κ1) is 12.1. The summed E-state index contributed by atoms with van der Waals surface area (Å²) in [6, 6.07) is 5.92. The average molecular weight is 242 g/mol. The molecular weight excluding hydrogens is 232 g/mol. The van der Waals surface area contributed by atoms with Gasteiger partial charge >= 0.3 is 0 Å². The molecule has 0 bridgehead atoms. The fraction of sp³-hybridized carbons (Fsp3) is 0. The number of hydrogen-bond acceptors (Lipinski definition) is 3. The summed E-state index contributed by atoms with van der Waals surface area (Å²) in [4.78, 5) is 14.3. The zero-order chi connectivity index (χ0) is 12.1. The summed E-state index contributed by atoms with van der Waals surface area (Å²) in [5.74, 6) is -0.0919. The molecule has 1 unspecified atom stereocenters. The lowest BCUT2D eigenvalue weighted by Crippen LogP contribution is -2.23. The first-order chi connectivity index (χ1) is 7.54. The minimum Gasteiger partial charge on any atom is -0.370 e. The normalized spacial score (nSPS) is 11.6. The second kappa shape index (κ2) is 5.24. The van der Waals surface area contributed by atoms with E-state index in [1.165, 1.54) is 24.3 Å². The van der Waals surface area contributed by atoms with E-state index in [9.17, 15) is 9.00 Å². The number of nitrogens with two attached hydrogens (primary N) is 2. The second-order valence-corrected chi connectivity index (χ2v) is 3.57. The van der Waals surface area contributed by atoms with E-state index in [1.807, 2.05) is 0 Å². The van der Waals surface area contributed by atoms with Crippen molar-refractivity contribution >= 4 is 35.0 Å². The molecular formula is C8H10N4O3S. The molecule has 0 saturated heterocycles. The number of aliphatic imine (C=N–C) groups is 1. The molecule has 86 valence electrons. The lowest BCUT2D eigenvalue weighted by molar-refractivity contribution is -0.106. The van der Waals surface area contributed by atoms with Gasteiger partial charge in [0.25, 0.3) is 11.3 Å². The van der Waals surface area contributed by atoms with Crippen LogP contribution in [0.5, 0.6) is 0 Å². The van der Waals surface area contributed by atoms with Crippen LogP contribution in [-0.2, 0) is 16.1 Å². The van der Waals surface area contributed by atoms with Crippen molar-refractivity contribution in [1.29, 1.82) is 0 Å². The molecule has 5 N–H and O–H groups in total. The van der Waals surface area contributed by atoms with Crippen LogP contribution in [0.1, 0.15) is 0 Å². The summed E-state index contributed by atoms with van der Waals surface area (Å²) in [7, 11) is 0. The Morgan fingerprint density at radius 3 is 2.31 bits per heavy atom. The maximum atomic E-state index is 10.7. The van der Waals surface area contributed by atoms with Crippen LogP contribution in [0.15, 0.2) is 29.3 Å². The van der Waals surface area contributed by atoms with Gasteiger partial charge in [-0.2, -0.15) is 0 Å². The quantitative estimate of drug-likeness (QED) is 0.289. The first-order valence-electron chi connectivity index (χ1n) is 4.10. The van der Waals surface area contributed by atoms with Crippen LogP contribution in [0.3, 0.4) is 0 Å². The van der Waals surface area contributed by atoms with E-state index in [0.717, 1.165) is 0 Å². The number of hydrogen-bond donors (Lipinski definition) is 3. The van der Waals surface area contributed by atoms with Crippen molar-refractivity contribution in [2.75, 3.05) is 4.31 Å². The van der Waals surface area contributed by atoms with E-state index in [4.69, 9.17) is 16.0 Å². The van der Waals surface area contributed by atoms with E-state index in [0.29, 0.717) is 9.99 Å². The van der Waals surface area contributed by atoms with Gasteiger partial charge in [0.2, 0.25) is 6.41 Å². The Morgan fingerprint density at radius 1 is 1.38 bits per heavy atom. The molecule has 1 amide bonds. The van der Waals surface area contributed by atoms with E-state index < -0.39 is 11.3 Å². The zero-order valence-electron chi connectivity index (χ0n) is 8.11. The monoisotopic (exact) mass is 242 g/mol. The van der Waals surface area contributed by atoms with Crippen molar-refractivity contribution in [3.63, 3.8) is 0 Å². The van der Waals surface area contributed by atoms with Crippen LogP contribution in [-0.4, -0.2) is 21.1 Å². The third-order valence-corrected chi connectivity index (χ3v) is 2.26. The van der Waals surface area contributed by atoms with E-state index in [-0.39, 0.29) is 18.1 Å². The third kappa shape index (κ3) is 3.04. The summed E-state index contributed by atoms with van der Waals surface area (Å²) in [5, 5.41) is 0. The summed E-state index contributed by atoms with van der Waals surface area (Å²) in [6.45, 7) is 0. The van der Waals surface area contributed by atoms with Crippen LogP contribution >= 0.6 is 0 Å². The molecule has 0 spiro atoms. The number of guanidine groups is 1. The second-order valence-electron chi connectivity index (χ2n) is 2.71. The lowest BCUT2D eigenvalue weighted by Gasteiger charge is -2.11. The van der Waals surface area contributed by atoms with E-state index in [2.05, 4.69) is 4.99 Å². The van der Waals surface area contributed by atoms with Crippen LogP contribution in [0.4, 0.5) is 11.4 Å². The molecule has 0 radical (unpaired) electrons. The maximum absolute atomic E-state index is 10.7. The van der Waals surface area contributed by atoms with Gasteiger partial charge in [0.05, 0.1) is 11.4 Å². The van der Waals surface area contributed by atoms with Crippen molar-refractivity contribution in [3.8, 4) is 0 Å². The number of amides is 1. The van der Waals surface area contributed by atoms with Gasteiger partial charge in [0.1, 0.15) is 0 Å². The molecule has 1 atom stereocenters. The van der Waals surface area contributed by atoms with Crippen molar-refractivity contribution in [2.24, 2.45) is 16.5 Å². The first-order valence-corrected chi connectivity index (χ1v) is 5.16. The standard InChI is InChI=1S/C8H10N4O3S/c9-8(10)11-6-1-3-7(4-2-6)12(5-13)16(14)15/h1-5H,(H,14,15)(H4,9,10,11). The molecule has 1 aromatic rings. The molecule has 1 rings (SSSR count). The predicted octanol–water partition coefficient (Wildman–Crippen LogP) is -0.309. The number of carbonyl (C=O) groups excluding carboxylic acids is 1. The molecule has 1 aromatic carbocycles. The fourth-order valence-electron chi connectivity index (χ4n) is 1.01. The Bertz CT molecular complexity index is 427. The molecule has 0 aliphatic carbocycles. The van der Waals surface area contributed by atoms with Gasteiger partial charge in [-0.3, -0.25) is 9.35 Å². The van der Waals surface area contributed by atoms with Gasteiger partial charge < -0.3 is 11.5 Å². The number of anilines is 1. The largest absolute Gasteiger partial charge is 0.370 e. The average Bonchev–Trinajstić information content (AvgIpc) is 2.20. The Kier molecular flexibility index (Phi) is 3.97. The minimum atomic E-state index is -2.39. The van der Waals surface area contributed by atoms with Gasteiger partial charge in [-0.15, -0.1) is 0 Å². The Labute approximate surface area is 94.2 Å². The van der Waals surface area contributed by atoms with Crippen molar-refractivity contribution in [2.45, 2.75) is 0 Å². The third-order valence-electron chi connectivity index (χ3n) is 1.63. The number of carbonyl (C=O) groups is 1. The van der Waals surface area contributed by atoms with E-state index in [1.54, 1.807) is 0 Å². The highest BCUT2D eigenvalue weighted by atomic mass is 32.2. The molecule has 0 fully saturated rings. The molecule has 0 heterocycles. The van der Waals surface area contributed by atoms with Gasteiger partial charge in [-0.05, 0) is 24.3 Å². The SMILES string of the molecule is NC(N)=Nc1ccc(N(C=O)S(=O)O)cc1. The molecule has 7 nitrogen and oxygen atoms in total. The molecule has 16 heavy (non-hydrogen) atoms. The highest BCUT2D eigenvalue weighted by Crippen LogP contribution is 2.19. The lowest BCUT2D eigenvalue weighted by atomic mass is 10.3. The number of benzene rings is 1. The highest BCUT2D eigenvalue weighted by molar-refractivity contribution is 7.81. The topological polar surface area (TPSA) is 122 Å². The molecule has 0 aliphatic heterocycles.